The molecule has 0 saturated carbocycles. The maximum Gasteiger partial charge on any atom is 0.408 e. The van der Waals surface area contributed by atoms with Crippen LogP contribution in [-0.4, -0.2) is 54.8 Å². The maximum absolute atomic E-state index is 11.6. The molecular weight excluding hydrogens is 369 g/mol. The second-order valence-corrected chi connectivity index (χ2v) is 6.04. The number of carbonyl (C=O) groups is 2. The van der Waals surface area contributed by atoms with Crippen LogP contribution in [0.15, 0.2) is 6.07 Å². The molecule has 1 heterocycles. The van der Waals surface area contributed by atoms with Crippen LogP contribution in [0.25, 0.3) is 0 Å². The molecule has 0 radical (unpaired) electrons. The van der Waals surface area contributed by atoms with Crippen molar-refractivity contribution >= 4 is 52.5 Å². The molecule has 2 rings (SSSR count). The molecule has 0 unspecified atom stereocenters. The van der Waals surface area contributed by atoms with Crippen molar-refractivity contribution in [3.05, 3.63) is 21.1 Å². The molecule has 0 spiro atoms. The van der Waals surface area contributed by atoms with Gasteiger partial charge >= 0.3 is 6.09 Å². The molecular formula is C13H14Cl3N3O4. The van der Waals surface area contributed by atoms with E-state index in [1.165, 1.54) is 13.2 Å². The third-order valence-corrected chi connectivity index (χ3v) is 4.84. The lowest BCUT2D eigenvalue weighted by atomic mass is 10.1. The van der Waals surface area contributed by atoms with Crippen LogP contribution >= 0.6 is 34.8 Å². The molecule has 7 nitrogen and oxygen atoms in total. The molecule has 1 aromatic carbocycles. The van der Waals surface area contributed by atoms with Crippen molar-refractivity contribution in [2.45, 2.75) is 6.04 Å². The Labute approximate surface area is 147 Å². The van der Waals surface area contributed by atoms with E-state index in [1.54, 1.807) is 4.90 Å². The lowest BCUT2D eigenvalue weighted by molar-refractivity contribution is -0.122. The Morgan fingerprint density at radius 3 is 2.48 bits per heavy atom. The normalized spacial score (nSPS) is 18.0. The van der Waals surface area contributed by atoms with Crippen molar-refractivity contribution < 1.29 is 19.4 Å². The van der Waals surface area contributed by atoms with Crippen molar-refractivity contribution in [3.8, 4) is 5.75 Å². The number of carboxylic acid groups (broad SMARTS) is 1. The average Bonchev–Trinajstić information content (AvgIpc) is 2.51. The summed E-state index contributed by atoms with van der Waals surface area (Å²) in [6.07, 6.45) is -1.21. The number of primary amides is 1. The van der Waals surface area contributed by atoms with Crippen LogP contribution in [0.5, 0.6) is 5.75 Å². The second-order valence-electron chi connectivity index (χ2n) is 4.88. The highest BCUT2D eigenvalue weighted by molar-refractivity contribution is 6.49. The van der Waals surface area contributed by atoms with Gasteiger partial charge in [-0.15, -0.1) is 0 Å². The highest BCUT2D eigenvalue weighted by atomic mass is 35.5. The van der Waals surface area contributed by atoms with E-state index in [1.807, 2.05) is 0 Å². The number of hydrogen-bond acceptors (Lipinski definition) is 4. The predicted molar refractivity (Wildman–Crippen MR) is 88.0 cm³/mol. The Hall–Kier alpha value is -1.57. The van der Waals surface area contributed by atoms with Gasteiger partial charge in [-0.2, -0.15) is 0 Å². The van der Waals surface area contributed by atoms with Crippen molar-refractivity contribution in [2.75, 3.05) is 31.6 Å². The monoisotopic (exact) mass is 381 g/mol. The van der Waals surface area contributed by atoms with Crippen molar-refractivity contribution in [1.82, 2.24) is 4.90 Å². The lowest BCUT2D eigenvalue weighted by Crippen LogP contribution is -2.59. The van der Waals surface area contributed by atoms with Gasteiger partial charge in [0, 0.05) is 25.7 Å². The fraction of sp³-hybridized carbons (Fsp3) is 0.385. The molecule has 23 heavy (non-hydrogen) atoms. The van der Waals surface area contributed by atoms with Gasteiger partial charge in [-0.25, -0.2) is 4.79 Å². The molecule has 10 heteroatoms. The van der Waals surface area contributed by atoms with E-state index >= 15 is 0 Å². The second kappa shape index (κ2) is 6.90. The number of piperazine rings is 1. The minimum atomic E-state index is -1.21. The lowest BCUT2D eigenvalue weighted by Gasteiger charge is -2.40. The van der Waals surface area contributed by atoms with Gasteiger partial charge in [0.1, 0.15) is 17.5 Å². The molecule has 1 aromatic rings. The van der Waals surface area contributed by atoms with Gasteiger partial charge in [0.15, 0.2) is 0 Å². The quantitative estimate of drug-likeness (QED) is 0.782. The van der Waals surface area contributed by atoms with Crippen LogP contribution in [0.2, 0.25) is 15.1 Å². The summed E-state index contributed by atoms with van der Waals surface area (Å²) in [6.45, 7) is 0.419. The Kier molecular flexibility index (Phi) is 5.33. The summed E-state index contributed by atoms with van der Waals surface area (Å²) in [5, 5.41) is 9.71. The number of rotatable bonds is 3. The SMILES string of the molecule is COc1cc(Cl)c(Cl)c(Cl)c1N1CCN(C(=O)O)[C@@H](C(N)=O)C1. The zero-order valence-corrected chi connectivity index (χ0v) is 14.3. The molecule has 3 N–H and O–H groups in total. The molecule has 1 aliphatic rings. The average molecular weight is 383 g/mol. The van der Waals surface area contributed by atoms with Gasteiger partial charge in [0.05, 0.1) is 22.2 Å². The first-order chi connectivity index (χ1) is 10.8. The Morgan fingerprint density at radius 2 is 1.96 bits per heavy atom. The third kappa shape index (κ3) is 3.36. The number of nitrogens with two attached hydrogens (primary N) is 1. The van der Waals surface area contributed by atoms with Crippen LogP contribution in [0.3, 0.4) is 0 Å². The molecule has 1 fully saturated rings. The summed E-state index contributed by atoms with van der Waals surface area (Å²) in [5.74, 6) is -0.372. The molecule has 126 valence electrons. The molecule has 0 aromatic heterocycles. The summed E-state index contributed by atoms with van der Waals surface area (Å²) >= 11 is 18.3. The first-order valence-corrected chi connectivity index (χ1v) is 7.66. The molecule has 2 amide bonds. The van der Waals surface area contributed by atoms with E-state index in [2.05, 4.69) is 0 Å². The standard InChI is InChI=1S/C13H14Cl3N3O4/c1-23-8-4-6(14)9(15)10(16)11(8)18-2-3-19(13(21)22)7(5-18)12(17)20/h4,7H,2-3,5H2,1H3,(H2,17,20)(H,21,22)/t7-/m1/s1. The Morgan fingerprint density at radius 1 is 1.30 bits per heavy atom. The summed E-state index contributed by atoms with van der Waals surface area (Å²) < 4.78 is 5.27. The van der Waals surface area contributed by atoms with Gasteiger partial charge in [-0.1, -0.05) is 34.8 Å². The molecule has 0 bridgehead atoms. The number of hydrogen-bond donors (Lipinski definition) is 2. The number of benzene rings is 1. The van der Waals surface area contributed by atoms with E-state index in [-0.39, 0.29) is 28.2 Å². The van der Waals surface area contributed by atoms with Crippen LogP contribution in [-0.2, 0) is 4.79 Å². The summed E-state index contributed by atoms with van der Waals surface area (Å²) in [5.41, 5.74) is 5.76. The summed E-state index contributed by atoms with van der Waals surface area (Å²) in [6, 6.07) is 0.505. The van der Waals surface area contributed by atoms with E-state index < -0.39 is 18.0 Å². The molecule has 1 aliphatic heterocycles. The number of halogens is 3. The summed E-state index contributed by atoms with van der Waals surface area (Å²) in [4.78, 5) is 25.5. The van der Waals surface area contributed by atoms with E-state index in [4.69, 9.17) is 50.4 Å². The summed E-state index contributed by atoms with van der Waals surface area (Å²) in [7, 11) is 1.44. The van der Waals surface area contributed by atoms with E-state index in [9.17, 15) is 9.59 Å². The third-order valence-electron chi connectivity index (χ3n) is 3.59. The maximum atomic E-state index is 11.6. The number of nitrogens with zero attached hydrogens (tertiary/aromatic N) is 2. The van der Waals surface area contributed by atoms with Gasteiger partial charge in [-0.3, -0.25) is 9.69 Å². The largest absolute Gasteiger partial charge is 0.494 e. The molecule has 1 saturated heterocycles. The Balaban J connectivity index is 2.42. The Bertz CT molecular complexity index is 656. The smallest absolute Gasteiger partial charge is 0.408 e. The van der Waals surface area contributed by atoms with Gasteiger partial charge in [0.25, 0.3) is 0 Å². The molecule has 1 atom stereocenters. The van der Waals surface area contributed by atoms with Gasteiger partial charge in [-0.05, 0) is 0 Å². The van der Waals surface area contributed by atoms with Crippen LogP contribution in [0.1, 0.15) is 0 Å². The minimum Gasteiger partial charge on any atom is -0.494 e. The van der Waals surface area contributed by atoms with Crippen molar-refractivity contribution in [2.24, 2.45) is 5.73 Å². The van der Waals surface area contributed by atoms with Crippen LogP contribution < -0.4 is 15.4 Å². The van der Waals surface area contributed by atoms with Gasteiger partial charge < -0.3 is 20.5 Å². The highest BCUT2D eigenvalue weighted by Crippen LogP contribution is 2.45. The number of anilines is 1. The zero-order valence-electron chi connectivity index (χ0n) is 12.1. The van der Waals surface area contributed by atoms with Crippen molar-refractivity contribution in [1.29, 1.82) is 0 Å². The van der Waals surface area contributed by atoms with E-state index in [0.29, 0.717) is 18.0 Å². The highest BCUT2D eigenvalue weighted by Gasteiger charge is 2.36. The number of methoxy groups -OCH3 is 1. The van der Waals surface area contributed by atoms with E-state index in [0.717, 1.165) is 4.90 Å². The first-order valence-electron chi connectivity index (χ1n) is 6.53. The van der Waals surface area contributed by atoms with Gasteiger partial charge in [0.2, 0.25) is 5.91 Å². The fourth-order valence-corrected chi connectivity index (χ4v) is 3.17. The van der Waals surface area contributed by atoms with Crippen molar-refractivity contribution in [3.63, 3.8) is 0 Å². The fourth-order valence-electron chi connectivity index (χ4n) is 2.47. The topological polar surface area (TPSA) is 96.1 Å². The predicted octanol–water partition coefficient (Wildman–Crippen LogP) is 2.31. The first kappa shape index (κ1) is 17.8. The number of carbonyl (C=O) groups excluding carboxylic acids is 1. The van der Waals surface area contributed by atoms with Crippen LogP contribution in [0.4, 0.5) is 10.5 Å². The molecule has 0 aliphatic carbocycles. The number of amides is 2. The van der Waals surface area contributed by atoms with Crippen LogP contribution in [0, 0.1) is 0 Å². The number of ether oxygens (including phenoxy) is 1. The zero-order chi connectivity index (χ0) is 17.3. The minimum absolute atomic E-state index is 0.0374.